The molecule has 1 nitrogen and oxygen atoms in total. The maximum Gasteiger partial charge on any atom is 0.0541 e. The maximum absolute atomic E-state index is 2.47. The minimum absolute atomic E-state index is 0.202. The average molecular weight is 724 g/mol. The monoisotopic (exact) mass is 723 g/mol. The van der Waals surface area contributed by atoms with Gasteiger partial charge in [-0.25, -0.2) is 0 Å². The van der Waals surface area contributed by atoms with Crippen molar-refractivity contribution in [1.29, 1.82) is 0 Å². The molecule has 0 spiro atoms. The Morgan fingerprint density at radius 2 is 0.807 bits per heavy atom. The molecule has 1 heteroatoms. The Bertz CT molecular complexity index is 3150. The molecule has 1 unspecified atom stereocenters. The Balaban J connectivity index is 0.983. The van der Waals surface area contributed by atoms with Crippen LogP contribution in [-0.2, 0) is 0 Å². The van der Waals surface area contributed by atoms with Crippen molar-refractivity contribution in [3.63, 3.8) is 0 Å². The average Bonchev–Trinajstić information content (AvgIpc) is 3.92. The van der Waals surface area contributed by atoms with Crippen LogP contribution in [0.1, 0.15) is 45.2 Å². The van der Waals surface area contributed by atoms with Crippen molar-refractivity contribution in [3.8, 4) is 50.2 Å². The summed E-state index contributed by atoms with van der Waals surface area (Å²) in [4.78, 5) is 0. The molecule has 10 aromatic rings. The minimum atomic E-state index is 0.202. The molecule has 0 aliphatic heterocycles. The summed E-state index contributed by atoms with van der Waals surface area (Å²) in [6.45, 7) is 0. The van der Waals surface area contributed by atoms with Gasteiger partial charge in [-0.2, -0.15) is 0 Å². The smallest absolute Gasteiger partial charge is 0.0541 e. The summed E-state index contributed by atoms with van der Waals surface area (Å²) in [6.07, 6.45) is 0. The molecule has 1 aromatic heterocycles. The Labute approximate surface area is 332 Å². The topological polar surface area (TPSA) is 4.93 Å². The van der Waals surface area contributed by atoms with Gasteiger partial charge in [0.1, 0.15) is 0 Å². The normalized spacial score (nSPS) is 14.1. The first-order valence-corrected chi connectivity index (χ1v) is 20.0. The van der Waals surface area contributed by atoms with E-state index >= 15 is 0 Å². The second-order valence-electron chi connectivity index (χ2n) is 15.6. The fourth-order valence-corrected chi connectivity index (χ4v) is 10.1. The second kappa shape index (κ2) is 12.7. The summed E-state index contributed by atoms with van der Waals surface area (Å²) in [7, 11) is 0. The molecule has 0 saturated carbocycles. The van der Waals surface area contributed by atoms with Crippen molar-refractivity contribution in [3.05, 3.63) is 246 Å². The van der Waals surface area contributed by atoms with Gasteiger partial charge in [0.25, 0.3) is 0 Å². The summed E-state index contributed by atoms with van der Waals surface area (Å²) in [5, 5.41) is 2.52. The highest BCUT2D eigenvalue weighted by Crippen LogP contribution is 2.50. The molecule has 0 saturated heterocycles. The predicted molar refractivity (Wildman–Crippen MR) is 237 cm³/mol. The highest BCUT2D eigenvalue weighted by Gasteiger charge is 2.31. The van der Waals surface area contributed by atoms with E-state index in [-0.39, 0.29) is 11.8 Å². The van der Waals surface area contributed by atoms with Crippen LogP contribution in [0.25, 0.3) is 72.0 Å². The molecule has 57 heavy (non-hydrogen) atoms. The largest absolute Gasteiger partial charge is 0.309 e. The maximum atomic E-state index is 2.47. The Morgan fingerprint density at radius 1 is 0.281 bits per heavy atom. The molecule has 266 valence electrons. The summed E-state index contributed by atoms with van der Waals surface area (Å²) in [5.41, 5.74) is 22.0. The highest BCUT2D eigenvalue weighted by atomic mass is 15.0. The zero-order valence-electron chi connectivity index (χ0n) is 31.3. The van der Waals surface area contributed by atoms with Crippen molar-refractivity contribution in [2.75, 3.05) is 0 Å². The van der Waals surface area contributed by atoms with Crippen molar-refractivity contribution in [1.82, 2.24) is 4.57 Å². The second-order valence-corrected chi connectivity index (χ2v) is 15.6. The third kappa shape index (κ3) is 4.89. The number of rotatable bonds is 5. The lowest BCUT2D eigenvalue weighted by Crippen LogP contribution is -2.00. The lowest BCUT2D eigenvalue weighted by Gasteiger charge is -2.18. The van der Waals surface area contributed by atoms with E-state index < -0.39 is 0 Å². The Hall–Kier alpha value is -7.22. The number of hydrogen-bond donors (Lipinski definition) is 0. The zero-order chi connectivity index (χ0) is 37.5. The van der Waals surface area contributed by atoms with Crippen LogP contribution in [0.2, 0.25) is 0 Å². The zero-order valence-corrected chi connectivity index (χ0v) is 31.3. The molecule has 9 aromatic carbocycles. The van der Waals surface area contributed by atoms with Gasteiger partial charge in [0.2, 0.25) is 0 Å². The van der Waals surface area contributed by atoms with Gasteiger partial charge in [0.05, 0.1) is 16.7 Å². The van der Waals surface area contributed by atoms with Crippen LogP contribution < -0.4 is 0 Å². The van der Waals surface area contributed by atoms with Gasteiger partial charge < -0.3 is 4.57 Å². The lowest BCUT2D eigenvalue weighted by atomic mass is 9.87. The van der Waals surface area contributed by atoms with Crippen molar-refractivity contribution in [2.45, 2.75) is 11.8 Å². The molecule has 0 radical (unpaired) electrons. The van der Waals surface area contributed by atoms with E-state index in [1.165, 1.54) is 105 Å². The van der Waals surface area contributed by atoms with Crippen LogP contribution in [0.5, 0.6) is 0 Å². The van der Waals surface area contributed by atoms with E-state index in [9.17, 15) is 0 Å². The van der Waals surface area contributed by atoms with Crippen molar-refractivity contribution >= 4 is 21.8 Å². The van der Waals surface area contributed by atoms with E-state index in [1.807, 2.05) is 0 Å². The third-order valence-corrected chi connectivity index (χ3v) is 12.6. The number of nitrogens with zero attached hydrogens (tertiary/aromatic N) is 1. The first-order valence-electron chi connectivity index (χ1n) is 20.0. The molecule has 0 amide bonds. The summed E-state index contributed by atoms with van der Waals surface area (Å²) in [5.74, 6) is 0.450. The van der Waals surface area contributed by atoms with Crippen LogP contribution in [-0.4, -0.2) is 4.57 Å². The van der Waals surface area contributed by atoms with Crippen LogP contribution in [0, 0.1) is 0 Å². The van der Waals surface area contributed by atoms with Gasteiger partial charge in [0.15, 0.2) is 0 Å². The fraction of sp³-hybridized carbons (Fsp3) is 0.0357. The Kier molecular flexibility index (Phi) is 7.12. The molecule has 1 atom stereocenters. The molecule has 0 fully saturated rings. The standard InChI is InChI=1S/C56H37N/c1-2-15-36(16-3-1)55-48-26-9-6-22-44(48)50-34-37(29-31-49(50)55)38-30-32-54-51(35-38)45-23-11-13-28-53(45)57(54)52-27-12-10-19-41(52)39-17-14-18-40(33-39)56-46-24-7-4-20-42(46)43-21-5-8-25-47(43)56/h1-35,55-56H. The van der Waals surface area contributed by atoms with Crippen LogP contribution in [0.3, 0.4) is 0 Å². The molecular formula is C56H37N. The molecule has 12 rings (SSSR count). The lowest BCUT2D eigenvalue weighted by molar-refractivity contribution is 1.02. The van der Waals surface area contributed by atoms with Gasteiger partial charge in [-0.05, 0) is 103 Å². The van der Waals surface area contributed by atoms with E-state index in [4.69, 9.17) is 0 Å². The Morgan fingerprint density at radius 3 is 1.56 bits per heavy atom. The van der Waals surface area contributed by atoms with Gasteiger partial charge in [-0.1, -0.05) is 182 Å². The first kappa shape index (κ1) is 32.1. The number of aromatic nitrogens is 1. The summed E-state index contributed by atoms with van der Waals surface area (Å²) >= 11 is 0. The summed E-state index contributed by atoms with van der Waals surface area (Å²) < 4.78 is 2.47. The van der Waals surface area contributed by atoms with Gasteiger partial charge in [-0.15, -0.1) is 0 Å². The quantitative estimate of drug-likeness (QED) is 0.167. The first-order chi connectivity index (χ1) is 28.3. The molecule has 0 N–H and O–H groups in total. The van der Waals surface area contributed by atoms with Crippen LogP contribution in [0.4, 0.5) is 0 Å². The molecule has 2 aliphatic carbocycles. The van der Waals surface area contributed by atoms with E-state index in [2.05, 4.69) is 217 Å². The van der Waals surface area contributed by atoms with Crippen molar-refractivity contribution < 1.29 is 0 Å². The number of hydrogen-bond acceptors (Lipinski definition) is 0. The third-order valence-electron chi connectivity index (χ3n) is 12.6. The summed E-state index contributed by atoms with van der Waals surface area (Å²) in [6, 6.07) is 78.9. The van der Waals surface area contributed by atoms with Gasteiger partial charge in [-0.3, -0.25) is 0 Å². The molecular weight excluding hydrogens is 687 g/mol. The van der Waals surface area contributed by atoms with Crippen molar-refractivity contribution in [2.24, 2.45) is 0 Å². The van der Waals surface area contributed by atoms with E-state index in [0.29, 0.717) is 0 Å². The van der Waals surface area contributed by atoms with Gasteiger partial charge in [0, 0.05) is 28.2 Å². The number of benzene rings is 9. The molecule has 0 bridgehead atoms. The minimum Gasteiger partial charge on any atom is -0.309 e. The molecule has 2 aliphatic rings. The van der Waals surface area contributed by atoms with E-state index in [1.54, 1.807) is 0 Å². The fourth-order valence-electron chi connectivity index (χ4n) is 10.1. The van der Waals surface area contributed by atoms with Gasteiger partial charge >= 0.3 is 0 Å². The highest BCUT2D eigenvalue weighted by molar-refractivity contribution is 6.11. The van der Waals surface area contributed by atoms with Crippen LogP contribution >= 0.6 is 0 Å². The van der Waals surface area contributed by atoms with Crippen LogP contribution in [0.15, 0.2) is 212 Å². The number of fused-ring (bicyclic) bond motifs is 9. The predicted octanol–water partition coefficient (Wildman–Crippen LogP) is 14.4. The molecule has 1 heterocycles. The SMILES string of the molecule is c1ccc(C2c3ccccc3-c3cc(-c4ccc5c(c4)c4ccccc4n5-c4ccccc4-c4cccc(C5c6ccccc6-c6ccccc65)c4)ccc32)cc1. The number of para-hydroxylation sites is 2. The van der Waals surface area contributed by atoms with E-state index in [0.717, 1.165) is 0 Å².